The van der Waals surface area contributed by atoms with Gasteiger partial charge in [-0.25, -0.2) is 9.97 Å². The van der Waals surface area contributed by atoms with E-state index in [-0.39, 0.29) is 0 Å². The Morgan fingerprint density at radius 1 is 1.29 bits per heavy atom. The minimum absolute atomic E-state index is 0.365. The molecule has 0 aliphatic carbocycles. The zero-order chi connectivity index (χ0) is 12.3. The van der Waals surface area contributed by atoms with Gasteiger partial charge in [-0.3, -0.25) is 0 Å². The smallest absolute Gasteiger partial charge is 0.238 e. The number of para-hydroxylation sites is 1. The van der Waals surface area contributed by atoms with Crippen LogP contribution in [0, 0.1) is 0 Å². The topological polar surface area (TPSA) is 61.0 Å². The first kappa shape index (κ1) is 11.9. The van der Waals surface area contributed by atoms with E-state index in [2.05, 4.69) is 32.8 Å². The monoisotopic (exact) mass is 293 g/mol. The van der Waals surface area contributed by atoms with E-state index in [9.17, 15) is 0 Å². The van der Waals surface area contributed by atoms with Crippen LogP contribution in [0.1, 0.15) is 12.5 Å². The van der Waals surface area contributed by atoms with Crippen molar-refractivity contribution in [1.82, 2.24) is 9.97 Å². The highest BCUT2D eigenvalue weighted by atomic mass is 79.9. The first-order valence-electron chi connectivity index (χ1n) is 5.24. The average Bonchev–Trinajstić information content (AvgIpc) is 2.35. The molecule has 0 aliphatic heterocycles. The highest BCUT2D eigenvalue weighted by Gasteiger charge is 2.10. The van der Waals surface area contributed by atoms with E-state index in [1.54, 1.807) is 0 Å². The summed E-state index contributed by atoms with van der Waals surface area (Å²) in [5.74, 6) is 1.58. The van der Waals surface area contributed by atoms with Crippen LogP contribution < -0.4 is 10.5 Å². The Labute approximate surface area is 108 Å². The average molecular weight is 294 g/mol. The van der Waals surface area contributed by atoms with Gasteiger partial charge in [0.05, 0.1) is 0 Å². The van der Waals surface area contributed by atoms with Gasteiger partial charge in [-0.15, -0.1) is 0 Å². The van der Waals surface area contributed by atoms with Crippen molar-refractivity contribution < 1.29 is 4.74 Å². The molecule has 4 nitrogen and oxygen atoms in total. The molecule has 2 aromatic rings. The molecular weight excluding hydrogens is 282 g/mol. The minimum atomic E-state index is 0.365. The van der Waals surface area contributed by atoms with Gasteiger partial charge in [0.25, 0.3) is 0 Å². The summed E-state index contributed by atoms with van der Waals surface area (Å²) in [6, 6.07) is 7.83. The number of halogens is 1. The first-order chi connectivity index (χ1) is 8.22. The van der Waals surface area contributed by atoms with Crippen LogP contribution in [0.15, 0.2) is 35.1 Å². The van der Waals surface area contributed by atoms with Crippen LogP contribution in [0.4, 0.5) is 5.82 Å². The molecule has 0 aliphatic rings. The van der Waals surface area contributed by atoms with Crippen molar-refractivity contribution in [1.29, 1.82) is 0 Å². The maximum Gasteiger partial charge on any atom is 0.238 e. The highest BCUT2D eigenvalue weighted by Crippen LogP contribution is 2.31. The van der Waals surface area contributed by atoms with Crippen molar-refractivity contribution in [3.63, 3.8) is 0 Å². The fraction of sp³-hybridized carbons (Fsp3) is 0.167. The summed E-state index contributed by atoms with van der Waals surface area (Å²) >= 11 is 3.31. The van der Waals surface area contributed by atoms with E-state index >= 15 is 0 Å². The second kappa shape index (κ2) is 5.14. The largest absolute Gasteiger partial charge is 0.437 e. The molecule has 17 heavy (non-hydrogen) atoms. The SMILES string of the molecule is CCc1ccccc1Oc1ncnc(N)c1Br. The van der Waals surface area contributed by atoms with Crippen molar-refractivity contribution in [2.45, 2.75) is 13.3 Å². The number of hydrogen-bond acceptors (Lipinski definition) is 4. The Morgan fingerprint density at radius 3 is 2.82 bits per heavy atom. The Hall–Kier alpha value is -1.62. The molecule has 0 radical (unpaired) electrons. The predicted octanol–water partition coefficient (Wildman–Crippen LogP) is 3.18. The Balaban J connectivity index is 2.35. The van der Waals surface area contributed by atoms with E-state index in [1.807, 2.05) is 24.3 Å². The van der Waals surface area contributed by atoms with Crippen molar-refractivity contribution in [3.05, 3.63) is 40.6 Å². The number of nitrogen functional groups attached to an aromatic ring is 1. The van der Waals surface area contributed by atoms with Gasteiger partial charge in [0.1, 0.15) is 22.4 Å². The molecule has 0 unspecified atom stereocenters. The van der Waals surface area contributed by atoms with E-state index in [0.29, 0.717) is 16.2 Å². The summed E-state index contributed by atoms with van der Waals surface area (Å²) < 4.78 is 6.31. The molecule has 1 aromatic heterocycles. The van der Waals surface area contributed by atoms with Crippen LogP contribution >= 0.6 is 15.9 Å². The number of benzene rings is 1. The summed E-state index contributed by atoms with van der Waals surface area (Å²) in [4.78, 5) is 7.91. The predicted molar refractivity (Wildman–Crippen MR) is 70.0 cm³/mol. The third-order valence-corrected chi connectivity index (χ3v) is 3.09. The zero-order valence-electron chi connectivity index (χ0n) is 9.35. The number of hydrogen-bond donors (Lipinski definition) is 1. The molecule has 0 bridgehead atoms. The number of ether oxygens (including phenoxy) is 1. The molecule has 5 heteroatoms. The minimum Gasteiger partial charge on any atom is -0.437 e. The van der Waals surface area contributed by atoms with Crippen LogP contribution in [-0.2, 0) is 6.42 Å². The summed E-state index contributed by atoms with van der Waals surface area (Å²) in [5.41, 5.74) is 6.79. The van der Waals surface area contributed by atoms with Gasteiger partial charge in [-0.1, -0.05) is 25.1 Å². The van der Waals surface area contributed by atoms with Gasteiger partial charge >= 0.3 is 0 Å². The van der Waals surface area contributed by atoms with Crippen molar-refractivity contribution in [2.24, 2.45) is 0 Å². The molecule has 2 N–H and O–H groups in total. The lowest BCUT2D eigenvalue weighted by molar-refractivity contribution is 0.453. The molecule has 0 saturated carbocycles. The van der Waals surface area contributed by atoms with Gasteiger partial charge in [-0.05, 0) is 34.0 Å². The third kappa shape index (κ3) is 2.55. The van der Waals surface area contributed by atoms with Crippen molar-refractivity contribution >= 4 is 21.7 Å². The standard InChI is InChI=1S/C12H12BrN3O/c1-2-8-5-3-4-6-9(8)17-12-10(13)11(14)15-7-16-12/h3-7H,2H2,1H3,(H2,14,15,16). The van der Waals surface area contributed by atoms with Gasteiger partial charge in [0, 0.05) is 0 Å². The van der Waals surface area contributed by atoms with Crippen LogP contribution in [0.2, 0.25) is 0 Å². The summed E-state index contributed by atoms with van der Waals surface area (Å²) in [7, 11) is 0. The van der Waals surface area contributed by atoms with Crippen LogP contribution in [-0.4, -0.2) is 9.97 Å². The summed E-state index contributed by atoms with van der Waals surface area (Å²) in [5, 5.41) is 0. The van der Waals surface area contributed by atoms with Gasteiger partial charge in [0.2, 0.25) is 5.88 Å². The van der Waals surface area contributed by atoms with Crippen LogP contribution in [0.25, 0.3) is 0 Å². The maximum atomic E-state index is 5.73. The number of anilines is 1. The lowest BCUT2D eigenvalue weighted by Crippen LogP contribution is -1.98. The molecule has 0 amide bonds. The van der Waals surface area contributed by atoms with Crippen molar-refractivity contribution in [3.8, 4) is 11.6 Å². The van der Waals surface area contributed by atoms with Crippen LogP contribution in [0.3, 0.4) is 0 Å². The van der Waals surface area contributed by atoms with Gasteiger partial charge in [-0.2, -0.15) is 0 Å². The van der Waals surface area contributed by atoms with E-state index in [4.69, 9.17) is 10.5 Å². The fourth-order valence-electron chi connectivity index (χ4n) is 1.44. The molecule has 88 valence electrons. The van der Waals surface area contributed by atoms with Crippen LogP contribution in [0.5, 0.6) is 11.6 Å². The second-order valence-electron chi connectivity index (χ2n) is 3.44. The quantitative estimate of drug-likeness (QED) is 0.944. The lowest BCUT2D eigenvalue weighted by atomic mass is 10.1. The number of nitrogens with two attached hydrogens (primary N) is 1. The molecule has 0 fully saturated rings. The fourth-order valence-corrected chi connectivity index (χ4v) is 1.72. The lowest BCUT2D eigenvalue weighted by Gasteiger charge is -2.10. The van der Waals surface area contributed by atoms with E-state index < -0.39 is 0 Å². The second-order valence-corrected chi connectivity index (χ2v) is 4.23. The molecule has 0 saturated heterocycles. The summed E-state index contributed by atoms with van der Waals surface area (Å²) in [6.07, 6.45) is 2.28. The molecule has 1 aromatic carbocycles. The Kier molecular flexibility index (Phi) is 3.58. The normalized spacial score (nSPS) is 10.2. The zero-order valence-corrected chi connectivity index (χ0v) is 10.9. The Morgan fingerprint density at radius 2 is 2.06 bits per heavy atom. The number of rotatable bonds is 3. The molecule has 0 spiro atoms. The van der Waals surface area contributed by atoms with E-state index in [0.717, 1.165) is 17.7 Å². The molecule has 0 atom stereocenters. The maximum absolute atomic E-state index is 5.73. The Bertz CT molecular complexity index is 531. The number of nitrogens with zero attached hydrogens (tertiary/aromatic N) is 2. The highest BCUT2D eigenvalue weighted by molar-refractivity contribution is 9.10. The molecule has 1 heterocycles. The van der Waals surface area contributed by atoms with Gasteiger partial charge < -0.3 is 10.5 Å². The molecular formula is C12H12BrN3O. The van der Waals surface area contributed by atoms with Crippen molar-refractivity contribution in [2.75, 3.05) is 5.73 Å². The van der Waals surface area contributed by atoms with Gasteiger partial charge in [0.15, 0.2) is 0 Å². The van der Waals surface area contributed by atoms with E-state index in [1.165, 1.54) is 6.33 Å². The first-order valence-corrected chi connectivity index (χ1v) is 6.03. The third-order valence-electron chi connectivity index (χ3n) is 2.34. The number of aromatic nitrogens is 2. The summed E-state index contributed by atoms with van der Waals surface area (Å²) in [6.45, 7) is 2.07. The molecule has 2 rings (SSSR count). The number of aryl methyl sites for hydroxylation is 1.